The van der Waals surface area contributed by atoms with Crippen LogP contribution in [0, 0.1) is 18.4 Å². The Kier molecular flexibility index (Phi) is 6.75. The lowest BCUT2D eigenvalue weighted by molar-refractivity contribution is 0.0690. The number of nitrogens with zero attached hydrogens (tertiary/aromatic N) is 4. The number of nitrogens with one attached hydrogen (secondary N) is 1. The molecule has 0 radical (unpaired) electrons. The van der Waals surface area contributed by atoms with E-state index in [9.17, 15) is 4.79 Å². The molecule has 0 bridgehead atoms. The van der Waals surface area contributed by atoms with Crippen LogP contribution in [0.25, 0.3) is 0 Å². The first-order valence-corrected chi connectivity index (χ1v) is 9.63. The van der Waals surface area contributed by atoms with Crippen LogP contribution >= 0.6 is 0 Å². The highest BCUT2D eigenvalue weighted by molar-refractivity contribution is 5.95. The second kappa shape index (κ2) is 9.65. The van der Waals surface area contributed by atoms with Gasteiger partial charge in [-0.15, -0.1) is 0 Å². The van der Waals surface area contributed by atoms with Crippen LogP contribution < -0.4 is 14.8 Å². The summed E-state index contributed by atoms with van der Waals surface area (Å²) in [5.74, 6) is 1.53. The van der Waals surface area contributed by atoms with E-state index < -0.39 is 0 Å². The molecule has 3 rings (SSSR count). The molecule has 0 atom stereocenters. The number of rotatable bonds is 4. The lowest BCUT2D eigenvalue weighted by Crippen LogP contribution is -2.53. The summed E-state index contributed by atoms with van der Waals surface area (Å²) in [6, 6.07) is 12.9. The molecule has 2 aromatic rings. The van der Waals surface area contributed by atoms with Crippen molar-refractivity contribution >= 4 is 17.6 Å². The van der Waals surface area contributed by atoms with Gasteiger partial charge in [-0.2, -0.15) is 5.26 Å². The van der Waals surface area contributed by atoms with Gasteiger partial charge in [0.25, 0.3) is 5.91 Å². The fraction of sp³-hybridized carbons (Fsp3) is 0.318. The standard InChI is InChI=1S/C22H25N5O3/c1-16-6-4-5-7-18(16)25-22(24-15-23)27-12-10-26(11-13-27)21(28)17-8-9-19(29-2)20(14-17)30-3/h4-9,14H,10-13H2,1-3H3,(H,24,25). The molecule has 0 aliphatic carbocycles. The number of nitriles is 1. The van der Waals surface area contributed by atoms with Gasteiger partial charge in [-0.3, -0.25) is 10.1 Å². The van der Waals surface area contributed by atoms with Gasteiger partial charge in [0.05, 0.1) is 19.9 Å². The van der Waals surface area contributed by atoms with Gasteiger partial charge in [0, 0.05) is 31.7 Å². The molecule has 156 valence electrons. The maximum atomic E-state index is 12.9. The topological polar surface area (TPSA) is 90.2 Å². The Balaban J connectivity index is 1.71. The fourth-order valence-electron chi connectivity index (χ4n) is 3.30. The molecule has 1 aliphatic rings. The van der Waals surface area contributed by atoms with Crippen molar-refractivity contribution in [3.63, 3.8) is 0 Å². The van der Waals surface area contributed by atoms with Gasteiger partial charge in [-0.25, -0.2) is 4.99 Å². The SMILES string of the molecule is COc1ccc(C(=O)N2CCN(C(=Nc3ccccc3C)NC#N)CC2)cc1OC. The van der Waals surface area contributed by atoms with Crippen molar-refractivity contribution in [2.75, 3.05) is 40.4 Å². The van der Waals surface area contributed by atoms with Crippen LogP contribution in [0.15, 0.2) is 47.5 Å². The Labute approximate surface area is 176 Å². The minimum absolute atomic E-state index is 0.0683. The molecule has 2 aromatic carbocycles. The van der Waals surface area contributed by atoms with Crippen molar-refractivity contribution < 1.29 is 14.3 Å². The van der Waals surface area contributed by atoms with Crippen molar-refractivity contribution in [1.82, 2.24) is 15.1 Å². The van der Waals surface area contributed by atoms with Crippen LogP contribution in [0.3, 0.4) is 0 Å². The summed E-state index contributed by atoms with van der Waals surface area (Å²) in [6.45, 7) is 4.15. The van der Waals surface area contributed by atoms with E-state index in [1.165, 1.54) is 0 Å². The molecule has 8 heteroatoms. The number of para-hydroxylation sites is 1. The minimum atomic E-state index is -0.0683. The third-order valence-electron chi connectivity index (χ3n) is 5.01. The first-order chi connectivity index (χ1) is 14.6. The summed E-state index contributed by atoms with van der Waals surface area (Å²) in [6.07, 6.45) is 1.96. The predicted octanol–water partition coefficient (Wildman–Crippen LogP) is 2.53. The fourth-order valence-corrected chi connectivity index (χ4v) is 3.30. The lowest BCUT2D eigenvalue weighted by atomic mass is 10.1. The lowest BCUT2D eigenvalue weighted by Gasteiger charge is -2.36. The number of methoxy groups -OCH3 is 2. The predicted molar refractivity (Wildman–Crippen MR) is 114 cm³/mol. The van der Waals surface area contributed by atoms with E-state index in [2.05, 4.69) is 10.3 Å². The molecule has 1 saturated heterocycles. The molecule has 0 unspecified atom stereocenters. The Morgan fingerprint density at radius 3 is 2.33 bits per heavy atom. The van der Waals surface area contributed by atoms with Crippen molar-refractivity contribution in [1.29, 1.82) is 5.26 Å². The van der Waals surface area contributed by atoms with Gasteiger partial charge in [0.2, 0.25) is 5.96 Å². The molecular formula is C22H25N5O3. The average molecular weight is 407 g/mol. The smallest absolute Gasteiger partial charge is 0.254 e. The summed E-state index contributed by atoms with van der Waals surface area (Å²) in [7, 11) is 3.10. The van der Waals surface area contributed by atoms with Crippen molar-refractivity contribution in [3.8, 4) is 17.7 Å². The zero-order valence-electron chi connectivity index (χ0n) is 17.4. The molecule has 1 aliphatic heterocycles. The molecule has 1 amide bonds. The number of ether oxygens (including phenoxy) is 2. The number of amides is 1. The Hall–Kier alpha value is -3.73. The van der Waals surface area contributed by atoms with E-state index in [1.807, 2.05) is 42.3 Å². The highest BCUT2D eigenvalue weighted by Crippen LogP contribution is 2.28. The number of hydrogen-bond donors (Lipinski definition) is 1. The van der Waals surface area contributed by atoms with E-state index in [1.54, 1.807) is 37.3 Å². The van der Waals surface area contributed by atoms with Crippen LogP contribution in [0.5, 0.6) is 11.5 Å². The monoisotopic (exact) mass is 407 g/mol. The molecule has 0 saturated carbocycles. The Morgan fingerprint density at radius 2 is 1.70 bits per heavy atom. The first kappa shape index (κ1) is 21.0. The maximum Gasteiger partial charge on any atom is 0.254 e. The number of hydrogen-bond acceptors (Lipinski definition) is 5. The summed E-state index contributed by atoms with van der Waals surface area (Å²) in [5, 5.41) is 11.8. The third kappa shape index (κ3) is 4.63. The van der Waals surface area contributed by atoms with Crippen LogP contribution in [0.2, 0.25) is 0 Å². The Bertz CT molecular complexity index is 975. The van der Waals surface area contributed by atoms with E-state index in [-0.39, 0.29) is 5.91 Å². The molecule has 0 aromatic heterocycles. The highest BCUT2D eigenvalue weighted by atomic mass is 16.5. The van der Waals surface area contributed by atoms with Gasteiger partial charge in [-0.05, 0) is 36.8 Å². The second-order valence-electron chi connectivity index (χ2n) is 6.81. The number of aryl methyl sites for hydroxylation is 1. The zero-order valence-corrected chi connectivity index (χ0v) is 17.4. The van der Waals surface area contributed by atoms with Gasteiger partial charge in [0.1, 0.15) is 0 Å². The summed E-state index contributed by atoms with van der Waals surface area (Å²) < 4.78 is 10.5. The minimum Gasteiger partial charge on any atom is -0.493 e. The summed E-state index contributed by atoms with van der Waals surface area (Å²) in [5.41, 5.74) is 2.38. The van der Waals surface area contributed by atoms with Gasteiger partial charge < -0.3 is 19.3 Å². The first-order valence-electron chi connectivity index (χ1n) is 9.63. The van der Waals surface area contributed by atoms with E-state index in [4.69, 9.17) is 14.7 Å². The number of guanidine groups is 1. The van der Waals surface area contributed by atoms with Gasteiger partial charge in [0.15, 0.2) is 17.7 Å². The van der Waals surface area contributed by atoms with Gasteiger partial charge >= 0.3 is 0 Å². The van der Waals surface area contributed by atoms with E-state index in [0.717, 1.165) is 11.3 Å². The van der Waals surface area contributed by atoms with Crippen LogP contribution in [-0.4, -0.2) is 62.1 Å². The van der Waals surface area contributed by atoms with Crippen LogP contribution in [0.4, 0.5) is 5.69 Å². The van der Waals surface area contributed by atoms with E-state index >= 15 is 0 Å². The number of carbonyl (C=O) groups excluding carboxylic acids is 1. The van der Waals surface area contributed by atoms with Crippen molar-refractivity contribution in [3.05, 3.63) is 53.6 Å². The number of piperazine rings is 1. The highest BCUT2D eigenvalue weighted by Gasteiger charge is 2.25. The molecule has 8 nitrogen and oxygen atoms in total. The molecule has 1 heterocycles. The van der Waals surface area contributed by atoms with E-state index in [0.29, 0.717) is 49.2 Å². The molecule has 0 spiro atoms. The summed E-state index contributed by atoms with van der Waals surface area (Å²) >= 11 is 0. The normalized spacial score (nSPS) is 14.1. The zero-order chi connectivity index (χ0) is 21.5. The number of benzene rings is 2. The Morgan fingerprint density at radius 1 is 1.03 bits per heavy atom. The largest absolute Gasteiger partial charge is 0.493 e. The van der Waals surface area contributed by atoms with Crippen LogP contribution in [0.1, 0.15) is 15.9 Å². The van der Waals surface area contributed by atoms with Crippen molar-refractivity contribution in [2.24, 2.45) is 4.99 Å². The molecular weight excluding hydrogens is 382 g/mol. The molecule has 30 heavy (non-hydrogen) atoms. The number of carbonyl (C=O) groups is 1. The quantitative estimate of drug-likeness (QED) is 0.363. The third-order valence-corrected chi connectivity index (χ3v) is 5.01. The maximum absolute atomic E-state index is 12.9. The van der Waals surface area contributed by atoms with Gasteiger partial charge in [-0.1, -0.05) is 18.2 Å². The second-order valence-corrected chi connectivity index (χ2v) is 6.81. The molecule has 1 fully saturated rings. The number of aliphatic imine (C=N–C) groups is 1. The van der Waals surface area contributed by atoms with Crippen LogP contribution in [-0.2, 0) is 0 Å². The average Bonchev–Trinajstić information content (AvgIpc) is 2.79. The van der Waals surface area contributed by atoms with Crippen molar-refractivity contribution in [2.45, 2.75) is 6.92 Å². The summed E-state index contributed by atoms with van der Waals surface area (Å²) in [4.78, 5) is 21.3. The molecule has 1 N–H and O–H groups in total.